The van der Waals surface area contributed by atoms with Crippen LogP contribution in [0.15, 0.2) is 34.9 Å². The summed E-state index contributed by atoms with van der Waals surface area (Å²) in [7, 11) is 0. The van der Waals surface area contributed by atoms with Crippen molar-refractivity contribution in [3.05, 3.63) is 34.9 Å². The van der Waals surface area contributed by atoms with E-state index in [0.717, 1.165) is 51.4 Å². The van der Waals surface area contributed by atoms with E-state index >= 15 is 0 Å². The molecule has 0 heterocycles. The summed E-state index contributed by atoms with van der Waals surface area (Å²) in [6.07, 6.45) is 14.5. The maximum Gasteiger partial charge on any atom is 0.104 e. The summed E-state index contributed by atoms with van der Waals surface area (Å²) in [5.41, 5.74) is 4.06. The smallest absolute Gasteiger partial charge is 0.104 e. The summed E-state index contributed by atoms with van der Waals surface area (Å²) in [4.78, 5) is 0. The second-order valence-corrected chi connectivity index (χ2v) is 6.01. The zero-order chi connectivity index (χ0) is 16.2. The number of allylic oxidation sites excluding steroid dienone is 5. The van der Waals surface area contributed by atoms with Gasteiger partial charge >= 0.3 is 0 Å². The van der Waals surface area contributed by atoms with Gasteiger partial charge in [-0.1, -0.05) is 35.3 Å². The lowest BCUT2D eigenvalue weighted by atomic mass is 10.0. The Morgan fingerprint density at radius 1 is 1.23 bits per heavy atom. The van der Waals surface area contributed by atoms with Gasteiger partial charge in [-0.15, -0.1) is 5.92 Å². The molecule has 1 rings (SSSR count). The number of hydrogen-bond donors (Lipinski definition) is 2. The minimum absolute atomic E-state index is 0.0407. The van der Waals surface area contributed by atoms with Crippen LogP contribution in [0.5, 0.6) is 0 Å². The Kier molecular flexibility index (Phi) is 9.62. The molecule has 0 saturated carbocycles. The fourth-order valence-corrected chi connectivity index (χ4v) is 2.78. The highest BCUT2D eigenvalue weighted by atomic mass is 16.3. The first-order valence-corrected chi connectivity index (χ1v) is 8.39. The van der Waals surface area contributed by atoms with Gasteiger partial charge in [-0.05, 0) is 64.4 Å². The van der Waals surface area contributed by atoms with Crippen molar-refractivity contribution in [3.8, 4) is 11.8 Å². The summed E-state index contributed by atoms with van der Waals surface area (Å²) in [5, 5.41) is 18.4. The average molecular weight is 302 g/mol. The molecule has 2 N–H and O–H groups in total. The van der Waals surface area contributed by atoms with Gasteiger partial charge in [-0.3, -0.25) is 0 Å². The largest absolute Gasteiger partial charge is 0.389 e. The van der Waals surface area contributed by atoms with Gasteiger partial charge in [0, 0.05) is 6.42 Å². The zero-order valence-corrected chi connectivity index (χ0v) is 14.1. The summed E-state index contributed by atoms with van der Waals surface area (Å²) >= 11 is 0. The molecule has 1 aliphatic carbocycles. The molecule has 0 saturated heterocycles. The Hall–Kier alpha value is -1.30. The van der Waals surface area contributed by atoms with Crippen molar-refractivity contribution in [1.29, 1.82) is 0 Å². The third-order valence-electron chi connectivity index (χ3n) is 4.16. The van der Waals surface area contributed by atoms with Gasteiger partial charge < -0.3 is 10.2 Å². The molecule has 0 aromatic rings. The molecule has 0 spiro atoms. The predicted molar refractivity (Wildman–Crippen MR) is 93.4 cm³/mol. The Morgan fingerprint density at radius 3 is 2.68 bits per heavy atom. The Bertz CT molecular complexity index is 472. The van der Waals surface area contributed by atoms with Crippen molar-refractivity contribution in [2.75, 3.05) is 6.61 Å². The molecule has 2 heteroatoms. The molecule has 1 aliphatic rings. The molecule has 0 aromatic heterocycles. The first-order valence-electron chi connectivity index (χ1n) is 8.39. The summed E-state index contributed by atoms with van der Waals surface area (Å²) in [5.74, 6) is 5.59. The van der Waals surface area contributed by atoms with Gasteiger partial charge in [-0.25, -0.2) is 0 Å². The highest BCUT2D eigenvalue weighted by Crippen LogP contribution is 2.29. The van der Waals surface area contributed by atoms with Crippen molar-refractivity contribution in [3.63, 3.8) is 0 Å². The molecule has 0 fully saturated rings. The molecular formula is C20H30O2. The average Bonchev–Trinajstić information content (AvgIpc) is 2.82. The van der Waals surface area contributed by atoms with Crippen LogP contribution in [0, 0.1) is 11.8 Å². The number of hydrogen-bond acceptors (Lipinski definition) is 2. The van der Waals surface area contributed by atoms with Crippen LogP contribution in [0.1, 0.15) is 65.2 Å². The molecule has 1 unspecified atom stereocenters. The van der Waals surface area contributed by atoms with Crippen LogP contribution in [0.25, 0.3) is 0 Å². The molecule has 0 bridgehead atoms. The van der Waals surface area contributed by atoms with E-state index in [0.29, 0.717) is 0 Å². The van der Waals surface area contributed by atoms with Crippen molar-refractivity contribution >= 4 is 0 Å². The van der Waals surface area contributed by atoms with Crippen LogP contribution in [0.3, 0.4) is 0 Å². The fraction of sp³-hybridized carbons (Fsp3) is 0.600. The van der Waals surface area contributed by atoms with Gasteiger partial charge in [-0.2, -0.15) is 0 Å². The fourth-order valence-electron chi connectivity index (χ4n) is 2.78. The number of aliphatic hydroxyl groups is 2. The maximum atomic E-state index is 9.86. The van der Waals surface area contributed by atoms with Crippen molar-refractivity contribution in [2.45, 2.75) is 71.3 Å². The second-order valence-electron chi connectivity index (χ2n) is 6.01. The van der Waals surface area contributed by atoms with E-state index in [9.17, 15) is 5.11 Å². The second kappa shape index (κ2) is 11.3. The maximum absolute atomic E-state index is 9.86. The summed E-state index contributed by atoms with van der Waals surface area (Å²) in [6, 6.07) is 0. The number of unbranched alkanes of at least 4 members (excludes halogenated alkanes) is 1. The third-order valence-corrected chi connectivity index (χ3v) is 4.16. The monoisotopic (exact) mass is 302 g/mol. The van der Waals surface area contributed by atoms with Crippen LogP contribution in [-0.2, 0) is 0 Å². The molecule has 0 amide bonds. The van der Waals surface area contributed by atoms with Crippen LogP contribution in [0.2, 0.25) is 0 Å². The van der Waals surface area contributed by atoms with E-state index in [2.05, 4.69) is 43.9 Å². The molecule has 1 atom stereocenters. The van der Waals surface area contributed by atoms with Crippen LogP contribution >= 0.6 is 0 Å². The van der Waals surface area contributed by atoms with Crippen LogP contribution in [0.4, 0.5) is 0 Å². The number of aliphatic hydroxyl groups excluding tert-OH is 2. The molecule has 0 aromatic carbocycles. The summed E-state index contributed by atoms with van der Waals surface area (Å²) < 4.78 is 0. The van der Waals surface area contributed by atoms with Crippen LogP contribution < -0.4 is 0 Å². The van der Waals surface area contributed by atoms with E-state index in [4.69, 9.17) is 5.11 Å². The lowest BCUT2D eigenvalue weighted by Gasteiger charge is -2.07. The molecule has 2 nitrogen and oxygen atoms in total. The Labute approximate surface area is 135 Å². The van der Waals surface area contributed by atoms with E-state index < -0.39 is 0 Å². The Balaban J connectivity index is 2.13. The first-order chi connectivity index (χ1) is 10.6. The minimum Gasteiger partial charge on any atom is -0.389 e. The van der Waals surface area contributed by atoms with Gasteiger partial charge in [0.05, 0.1) is 6.10 Å². The molecule has 0 aliphatic heterocycles. The Morgan fingerprint density at radius 2 is 2.00 bits per heavy atom. The van der Waals surface area contributed by atoms with E-state index in [1.165, 1.54) is 16.7 Å². The normalized spacial score (nSPS) is 18.9. The first kappa shape index (κ1) is 18.7. The minimum atomic E-state index is -0.187. The number of rotatable bonds is 8. The van der Waals surface area contributed by atoms with Gasteiger partial charge in [0.1, 0.15) is 6.61 Å². The molecule has 22 heavy (non-hydrogen) atoms. The van der Waals surface area contributed by atoms with Gasteiger partial charge in [0.2, 0.25) is 0 Å². The van der Waals surface area contributed by atoms with Gasteiger partial charge in [0.25, 0.3) is 0 Å². The van der Waals surface area contributed by atoms with Gasteiger partial charge in [0.15, 0.2) is 0 Å². The lowest BCUT2D eigenvalue weighted by Crippen LogP contribution is -2.04. The lowest BCUT2D eigenvalue weighted by molar-refractivity contribution is 0.208. The SMILES string of the molecule is CC1=C(CC/C=C/CC/C(C)=C/CCC#CCO)C(O)CC1. The molecular weight excluding hydrogens is 272 g/mol. The van der Waals surface area contributed by atoms with E-state index in [1.807, 2.05) is 0 Å². The standard InChI is InChI=1S/C20H30O2/c1-17(12-8-5-6-10-16-21)11-7-3-4-9-13-19-18(2)14-15-20(19)22/h3-4,12,20-22H,5,7-9,11,13-16H2,1-2H3/b4-3+,17-12+. The highest BCUT2D eigenvalue weighted by Gasteiger charge is 2.19. The molecule has 0 radical (unpaired) electrons. The quantitative estimate of drug-likeness (QED) is 0.399. The zero-order valence-electron chi connectivity index (χ0n) is 14.1. The highest BCUT2D eigenvalue weighted by molar-refractivity contribution is 5.22. The topological polar surface area (TPSA) is 40.5 Å². The molecule has 122 valence electrons. The van der Waals surface area contributed by atoms with Crippen molar-refractivity contribution < 1.29 is 10.2 Å². The van der Waals surface area contributed by atoms with E-state index in [-0.39, 0.29) is 12.7 Å². The van der Waals surface area contributed by atoms with Crippen molar-refractivity contribution in [1.82, 2.24) is 0 Å². The third kappa shape index (κ3) is 7.64. The predicted octanol–water partition coefficient (Wildman–Crippen LogP) is 4.30. The van der Waals surface area contributed by atoms with E-state index in [1.54, 1.807) is 0 Å². The summed E-state index contributed by atoms with van der Waals surface area (Å²) in [6.45, 7) is 4.27. The van der Waals surface area contributed by atoms with Crippen molar-refractivity contribution in [2.24, 2.45) is 0 Å². The van der Waals surface area contributed by atoms with Crippen LogP contribution in [-0.4, -0.2) is 22.9 Å².